The van der Waals surface area contributed by atoms with E-state index in [0.29, 0.717) is 11.3 Å². The Morgan fingerprint density at radius 1 is 0.931 bits per heavy atom. The minimum Gasteiger partial charge on any atom is -0.349 e. The largest absolute Gasteiger partial charge is 0.349 e. The zero-order chi connectivity index (χ0) is 21.2. The second-order valence-electron chi connectivity index (χ2n) is 8.05. The average Bonchev–Trinajstić information content (AvgIpc) is 2.67. The monoisotopic (exact) mass is 414 g/mol. The summed E-state index contributed by atoms with van der Waals surface area (Å²) < 4.78 is 29.2. The van der Waals surface area contributed by atoms with Gasteiger partial charge in [0.25, 0.3) is 15.9 Å². The van der Waals surface area contributed by atoms with Gasteiger partial charge in [-0.25, -0.2) is 8.42 Å². The van der Waals surface area contributed by atoms with Crippen LogP contribution in [0.1, 0.15) is 64.7 Å². The molecule has 0 unspecified atom stereocenters. The fourth-order valence-electron chi connectivity index (χ4n) is 4.06. The number of aryl methyl sites for hydroxylation is 2. The van der Waals surface area contributed by atoms with Crippen LogP contribution in [0.5, 0.6) is 0 Å². The van der Waals surface area contributed by atoms with Crippen molar-refractivity contribution in [2.24, 2.45) is 0 Å². The predicted molar refractivity (Wildman–Crippen MR) is 117 cm³/mol. The number of carbonyl (C=O) groups excluding carboxylic acids is 1. The van der Waals surface area contributed by atoms with Crippen LogP contribution in [-0.2, 0) is 10.0 Å². The van der Waals surface area contributed by atoms with Gasteiger partial charge in [-0.15, -0.1) is 0 Å². The van der Waals surface area contributed by atoms with E-state index in [-0.39, 0.29) is 16.8 Å². The van der Waals surface area contributed by atoms with Gasteiger partial charge >= 0.3 is 0 Å². The molecule has 1 fully saturated rings. The van der Waals surface area contributed by atoms with Crippen molar-refractivity contribution >= 4 is 21.6 Å². The van der Waals surface area contributed by atoms with Crippen LogP contribution in [0.25, 0.3) is 0 Å². The van der Waals surface area contributed by atoms with Crippen molar-refractivity contribution in [1.29, 1.82) is 0 Å². The first-order valence-corrected chi connectivity index (χ1v) is 11.7. The molecule has 156 valence electrons. The molecule has 0 saturated heterocycles. The van der Waals surface area contributed by atoms with Crippen molar-refractivity contribution in [3.05, 3.63) is 58.1 Å². The molecule has 0 aromatic heterocycles. The molecule has 2 aromatic carbocycles. The van der Waals surface area contributed by atoms with Crippen LogP contribution in [0.3, 0.4) is 0 Å². The number of amides is 1. The smallest absolute Gasteiger partial charge is 0.262 e. The highest BCUT2D eigenvalue weighted by atomic mass is 32.2. The summed E-state index contributed by atoms with van der Waals surface area (Å²) in [6.45, 7) is 7.45. The number of carbonyl (C=O) groups is 1. The summed E-state index contributed by atoms with van der Waals surface area (Å²) in [4.78, 5) is 13.1. The van der Waals surface area contributed by atoms with Crippen LogP contribution in [-0.4, -0.2) is 20.4 Å². The van der Waals surface area contributed by atoms with Gasteiger partial charge in [0, 0.05) is 6.04 Å². The summed E-state index contributed by atoms with van der Waals surface area (Å²) in [6.07, 6.45) is 5.38. The Labute approximate surface area is 174 Å². The number of rotatable bonds is 5. The Balaban J connectivity index is 1.92. The standard InChI is InChI=1S/C23H30N2O3S/c1-15-14-16(2)18(4)22(17(15)3)29(27,28)25-21-13-9-8-12-20(21)23(26)24-19-10-6-5-7-11-19/h8-9,12-14,19,25H,5-7,10-11H2,1-4H3,(H,24,26). The van der Waals surface area contributed by atoms with Crippen molar-refractivity contribution in [3.63, 3.8) is 0 Å². The van der Waals surface area contributed by atoms with E-state index >= 15 is 0 Å². The number of anilines is 1. The number of nitrogens with one attached hydrogen (secondary N) is 2. The number of para-hydroxylation sites is 1. The van der Waals surface area contributed by atoms with Crippen LogP contribution in [0.15, 0.2) is 35.2 Å². The third-order valence-corrected chi connectivity index (χ3v) is 7.56. The molecule has 29 heavy (non-hydrogen) atoms. The summed E-state index contributed by atoms with van der Waals surface area (Å²) >= 11 is 0. The predicted octanol–water partition coefficient (Wildman–Crippen LogP) is 4.78. The van der Waals surface area contributed by atoms with E-state index in [2.05, 4.69) is 10.0 Å². The molecule has 2 N–H and O–H groups in total. The van der Waals surface area contributed by atoms with Crippen LogP contribution in [0.4, 0.5) is 5.69 Å². The molecule has 0 heterocycles. The summed E-state index contributed by atoms with van der Waals surface area (Å²) in [6, 6.07) is 8.94. The van der Waals surface area contributed by atoms with Gasteiger partial charge in [-0.05, 0) is 74.9 Å². The van der Waals surface area contributed by atoms with Crippen molar-refractivity contribution in [2.45, 2.75) is 70.7 Å². The quantitative estimate of drug-likeness (QED) is 0.739. The highest BCUT2D eigenvalue weighted by molar-refractivity contribution is 7.92. The molecule has 0 atom stereocenters. The van der Waals surface area contributed by atoms with E-state index in [9.17, 15) is 13.2 Å². The summed E-state index contributed by atoms with van der Waals surface area (Å²) in [7, 11) is -3.84. The molecule has 1 amide bonds. The Morgan fingerprint density at radius 3 is 2.14 bits per heavy atom. The lowest BCUT2D eigenvalue weighted by molar-refractivity contribution is 0.0928. The second kappa shape index (κ2) is 8.57. The molecule has 5 nitrogen and oxygen atoms in total. The van der Waals surface area contributed by atoms with Gasteiger partial charge in [-0.1, -0.05) is 37.5 Å². The topological polar surface area (TPSA) is 75.3 Å². The minimum absolute atomic E-state index is 0.157. The molecule has 1 aliphatic rings. The lowest BCUT2D eigenvalue weighted by Gasteiger charge is -2.23. The molecule has 1 aliphatic carbocycles. The van der Waals surface area contributed by atoms with Gasteiger partial charge in [0.15, 0.2) is 0 Å². The lowest BCUT2D eigenvalue weighted by Crippen LogP contribution is -2.36. The second-order valence-corrected chi connectivity index (χ2v) is 9.67. The molecule has 3 rings (SSSR count). The van der Waals surface area contributed by atoms with Crippen LogP contribution in [0.2, 0.25) is 0 Å². The van der Waals surface area contributed by atoms with Crippen LogP contribution < -0.4 is 10.0 Å². The van der Waals surface area contributed by atoms with E-state index < -0.39 is 10.0 Å². The Morgan fingerprint density at radius 2 is 1.52 bits per heavy atom. The molecule has 1 saturated carbocycles. The fraction of sp³-hybridized carbons (Fsp3) is 0.435. The zero-order valence-electron chi connectivity index (χ0n) is 17.6. The van der Waals surface area contributed by atoms with Crippen LogP contribution in [0, 0.1) is 27.7 Å². The normalized spacial score (nSPS) is 15.2. The van der Waals surface area contributed by atoms with E-state index in [1.165, 1.54) is 6.42 Å². The van der Waals surface area contributed by atoms with E-state index in [4.69, 9.17) is 0 Å². The van der Waals surface area contributed by atoms with Gasteiger partial charge < -0.3 is 5.32 Å². The highest BCUT2D eigenvalue weighted by Gasteiger charge is 2.25. The van der Waals surface area contributed by atoms with Crippen molar-refractivity contribution in [1.82, 2.24) is 5.32 Å². The summed E-state index contributed by atoms with van der Waals surface area (Å²) in [5.74, 6) is -0.232. The third-order valence-electron chi connectivity index (χ3n) is 5.92. The molecule has 0 radical (unpaired) electrons. The van der Waals surface area contributed by atoms with Gasteiger partial charge in [0.1, 0.15) is 0 Å². The number of benzene rings is 2. The third kappa shape index (κ3) is 4.64. The SMILES string of the molecule is Cc1cc(C)c(C)c(S(=O)(=O)Nc2ccccc2C(=O)NC2CCCCC2)c1C. The Bertz CT molecular complexity index is 996. The van der Waals surface area contributed by atoms with Gasteiger partial charge in [-0.3, -0.25) is 9.52 Å². The van der Waals surface area contributed by atoms with E-state index in [1.807, 2.05) is 33.8 Å². The number of hydrogen-bond donors (Lipinski definition) is 2. The van der Waals surface area contributed by atoms with Gasteiger partial charge in [0.2, 0.25) is 0 Å². The average molecular weight is 415 g/mol. The number of sulfonamides is 1. The van der Waals surface area contributed by atoms with Crippen LogP contribution >= 0.6 is 0 Å². The Hall–Kier alpha value is -2.34. The van der Waals surface area contributed by atoms with Gasteiger partial charge in [-0.2, -0.15) is 0 Å². The van der Waals surface area contributed by atoms with E-state index in [1.54, 1.807) is 24.3 Å². The molecular formula is C23H30N2O3S. The maximum Gasteiger partial charge on any atom is 0.262 e. The minimum atomic E-state index is -3.84. The lowest BCUT2D eigenvalue weighted by atomic mass is 9.95. The molecule has 0 aliphatic heterocycles. The maximum atomic E-state index is 13.3. The molecule has 0 spiro atoms. The molecule has 2 aromatic rings. The summed E-state index contributed by atoms with van der Waals surface area (Å²) in [5, 5.41) is 3.07. The first kappa shape index (κ1) is 21.4. The molecular weight excluding hydrogens is 384 g/mol. The van der Waals surface area contributed by atoms with E-state index in [0.717, 1.165) is 47.9 Å². The first-order valence-electron chi connectivity index (χ1n) is 10.2. The molecule has 0 bridgehead atoms. The summed E-state index contributed by atoms with van der Waals surface area (Å²) in [5.41, 5.74) is 3.96. The fourth-order valence-corrected chi connectivity index (χ4v) is 5.76. The Kier molecular flexibility index (Phi) is 6.32. The van der Waals surface area contributed by atoms with Crippen molar-refractivity contribution < 1.29 is 13.2 Å². The van der Waals surface area contributed by atoms with Crippen molar-refractivity contribution in [2.75, 3.05) is 4.72 Å². The first-order chi connectivity index (χ1) is 13.7. The van der Waals surface area contributed by atoms with Gasteiger partial charge in [0.05, 0.1) is 16.1 Å². The van der Waals surface area contributed by atoms with Crippen molar-refractivity contribution in [3.8, 4) is 0 Å². The molecule has 6 heteroatoms. The maximum absolute atomic E-state index is 13.3. The highest BCUT2D eigenvalue weighted by Crippen LogP contribution is 2.29. The zero-order valence-corrected chi connectivity index (χ0v) is 18.4. The number of hydrogen-bond acceptors (Lipinski definition) is 3.